The Morgan fingerprint density at radius 2 is 1.89 bits per heavy atom. The summed E-state index contributed by atoms with van der Waals surface area (Å²) in [5.41, 5.74) is -0.103. The first-order valence-corrected chi connectivity index (χ1v) is 5.56. The van der Waals surface area contributed by atoms with Crippen molar-refractivity contribution in [2.45, 2.75) is 24.6 Å². The molecule has 1 aliphatic heterocycles. The minimum absolute atomic E-state index is 0.103. The zero-order chi connectivity index (χ0) is 14.0. The lowest BCUT2D eigenvalue weighted by Gasteiger charge is -2.35. The van der Waals surface area contributed by atoms with Gasteiger partial charge < -0.3 is 24.8 Å². The van der Waals surface area contributed by atoms with Crippen molar-refractivity contribution in [3.05, 3.63) is 34.4 Å². The topological polar surface area (TPSA) is 122 Å². The van der Waals surface area contributed by atoms with Crippen LogP contribution in [0.5, 0.6) is 5.75 Å². The predicted molar refractivity (Wildman–Crippen MR) is 61.5 cm³/mol. The zero-order valence-corrected chi connectivity index (χ0v) is 9.75. The van der Waals surface area contributed by atoms with Gasteiger partial charge in [-0.05, 0) is 12.1 Å². The second-order valence-electron chi connectivity index (χ2n) is 4.12. The second kappa shape index (κ2) is 5.49. The highest BCUT2D eigenvalue weighted by Gasteiger charge is 2.39. The lowest BCUT2D eigenvalue weighted by Crippen LogP contribution is -2.55. The summed E-state index contributed by atoms with van der Waals surface area (Å²) < 4.78 is 10.1. The number of nitro groups is 1. The summed E-state index contributed by atoms with van der Waals surface area (Å²) in [6, 6.07) is 5.12. The Hall–Kier alpha value is -1.74. The van der Waals surface area contributed by atoms with Gasteiger partial charge in [-0.1, -0.05) is 0 Å². The molecule has 2 rings (SSSR count). The van der Waals surface area contributed by atoms with Crippen LogP contribution in [-0.2, 0) is 4.74 Å². The minimum atomic E-state index is -1.38. The van der Waals surface area contributed by atoms with Crippen molar-refractivity contribution >= 4 is 5.69 Å². The molecule has 1 fully saturated rings. The SMILES string of the molecule is O=[N+]([O-])c1ccc(O[C@@H]2[C@@H](O)[C@H](O)CO[C@H]2O)cc1. The van der Waals surface area contributed by atoms with Gasteiger partial charge in [-0.2, -0.15) is 0 Å². The highest BCUT2D eigenvalue weighted by molar-refractivity contribution is 5.36. The van der Waals surface area contributed by atoms with Crippen LogP contribution < -0.4 is 4.74 Å². The van der Waals surface area contributed by atoms with Crippen molar-refractivity contribution < 1.29 is 29.7 Å². The molecule has 1 heterocycles. The quantitative estimate of drug-likeness (QED) is 0.496. The first kappa shape index (κ1) is 13.7. The molecule has 0 saturated carbocycles. The van der Waals surface area contributed by atoms with E-state index in [1.807, 2.05) is 0 Å². The number of benzene rings is 1. The van der Waals surface area contributed by atoms with Gasteiger partial charge in [0.05, 0.1) is 11.5 Å². The molecule has 4 atom stereocenters. The Morgan fingerprint density at radius 1 is 1.26 bits per heavy atom. The van der Waals surface area contributed by atoms with Crippen LogP contribution in [0.4, 0.5) is 5.69 Å². The normalized spacial score (nSPS) is 30.9. The van der Waals surface area contributed by atoms with Crippen molar-refractivity contribution in [3.8, 4) is 5.75 Å². The zero-order valence-electron chi connectivity index (χ0n) is 9.75. The van der Waals surface area contributed by atoms with Gasteiger partial charge in [0.1, 0.15) is 18.0 Å². The van der Waals surface area contributed by atoms with Crippen molar-refractivity contribution in [3.63, 3.8) is 0 Å². The number of aliphatic hydroxyl groups is 3. The van der Waals surface area contributed by atoms with Crippen LogP contribution in [0.3, 0.4) is 0 Å². The summed E-state index contributed by atoms with van der Waals surface area (Å²) in [7, 11) is 0. The maximum absolute atomic E-state index is 10.5. The van der Waals surface area contributed by atoms with Crippen LogP contribution in [0.2, 0.25) is 0 Å². The van der Waals surface area contributed by atoms with Crippen LogP contribution in [0, 0.1) is 10.1 Å². The molecule has 0 bridgehead atoms. The molecule has 0 unspecified atom stereocenters. The van der Waals surface area contributed by atoms with E-state index >= 15 is 0 Å². The summed E-state index contributed by atoms with van der Waals surface area (Å²) in [5.74, 6) is 0.214. The largest absolute Gasteiger partial charge is 0.482 e. The fourth-order valence-corrected chi connectivity index (χ4v) is 1.71. The Labute approximate surface area is 108 Å². The first-order chi connectivity index (χ1) is 8.99. The molecule has 1 aliphatic rings. The second-order valence-corrected chi connectivity index (χ2v) is 4.12. The molecule has 8 heteroatoms. The van der Waals surface area contributed by atoms with E-state index in [-0.39, 0.29) is 18.0 Å². The number of aliphatic hydroxyl groups excluding tert-OH is 3. The molecule has 19 heavy (non-hydrogen) atoms. The summed E-state index contributed by atoms with van der Waals surface area (Å²) in [6.07, 6.45) is -5.01. The highest BCUT2D eigenvalue weighted by Crippen LogP contribution is 2.23. The van der Waals surface area contributed by atoms with Gasteiger partial charge in [-0.3, -0.25) is 10.1 Å². The molecule has 1 saturated heterocycles. The Bertz CT molecular complexity index is 449. The number of hydrogen-bond donors (Lipinski definition) is 3. The number of rotatable bonds is 3. The monoisotopic (exact) mass is 271 g/mol. The Kier molecular flexibility index (Phi) is 3.96. The molecule has 0 aliphatic carbocycles. The molecular formula is C11H13NO7. The third-order valence-electron chi connectivity index (χ3n) is 2.77. The van der Waals surface area contributed by atoms with Crippen LogP contribution in [0.25, 0.3) is 0 Å². The smallest absolute Gasteiger partial charge is 0.269 e. The highest BCUT2D eigenvalue weighted by atomic mass is 16.6. The molecule has 1 aromatic carbocycles. The summed E-state index contributed by atoms with van der Waals surface area (Å²) >= 11 is 0. The van der Waals surface area contributed by atoms with E-state index in [1.165, 1.54) is 24.3 Å². The molecule has 104 valence electrons. The molecule has 8 nitrogen and oxygen atoms in total. The Balaban J connectivity index is 2.08. The molecule has 3 N–H and O–H groups in total. The number of nitro benzene ring substituents is 1. The van der Waals surface area contributed by atoms with Crippen LogP contribution in [0.15, 0.2) is 24.3 Å². The predicted octanol–water partition coefficient (Wildman–Crippen LogP) is -0.587. The van der Waals surface area contributed by atoms with Gasteiger partial charge in [0.25, 0.3) is 5.69 Å². The van der Waals surface area contributed by atoms with Gasteiger partial charge in [0, 0.05) is 12.1 Å². The van der Waals surface area contributed by atoms with E-state index in [4.69, 9.17) is 9.47 Å². The summed E-state index contributed by atoms with van der Waals surface area (Å²) in [6.45, 7) is -0.192. The van der Waals surface area contributed by atoms with E-state index in [0.717, 1.165) is 0 Å². The fraction of sp³-hybridized carbons (Fsp3) is 0.455. The van der Waals surface area contributed by atoms with Crippen LogP contribution in [0.1, 0.15) is 0 Å². The molecule has 0 radical (unpaired) electrons. The minimum Gasteiger partial charge on any atom is -0.482 e. The third kappa shape index (κ3) is 2.99. The summed E-state index contributed by atoms with van der Waals surface area (Å²) in [5, 5.41) is 39.1. The third-order valence-corrected chi connectivity index (χ3v) is 2.77. The van der Waals surface area contributed by atoms with Crippen molar-refractivity contribution in [1.29, 1.82) is 0 Å². The van der Waals surface area contributed by atoms with E-state index in [9.17, 15) is 25.4 Å². The maximum Gasteiger partial charge on any atom is 0.269 e. The van der Waals surface area contributed by atoms with Gasteiger partial charge in [-0.15, -0.1) is 0 Å². The van der Waals surface area contributed by atoms with Gasteiger partial charge >= 0.3 is 0 Å². The average Bonchev–Trinajstić information content (AvgIpc) is 2.40. The van der Waals surface area contributed by atoms with E-state index < -0.39 is 29.5 Å². The first-order valence-electron chi connectivity index (χ1n) is 5.56. The maximum atomic E-state index is 10.5. The van der Waals surface area contributed by atoms with Crippen molar-refractivity contribution in [1.82, 2.24) is 0 Å². The molecule has 0 amide bonds. The van der Waals surface area contributed by atoms with Gasteiger partial charge in [-0.25, -0.2) is 0 Å². The van der Waals surface area contributed by atoms with Gasteiger partial charge in [0.15, 0.2) is 12.4 Å². The van der Waals surface area contributed by atoms with E-state index in [0.29, 0.717) is 0 Å². The van der Waals surface area contributed by atoms with Crippen LogP contribution >= 0.6 is 0 Å². The fourth-order valence-electron chi connectivity index (χ4n) is 1.71. The molecule has 1 aromatic rings. The molecule has 0 spiro atoms. The Morgan fingerprint density at radius 3 is 2.47 bits per heavy atom. The van der Waals surface area contributed by atoms with Crippen molar-refractivity contribution in [2.24, 2.45) is 0 Å². The number of ether oxygens (including phenoxy) is 2. The average molecular weight is 271 g/mol. The van der Waals surface area contributed by atoms with Crippen LogP contribution in [-0.4, -0.2) is 51.5 Å². The van der Waals surface area contributed by atoms with Gasteiger partial charge in [0.2, 0.25) is 0 Å². The number of nitrogens with zero attached hydrogens (tertiary/aromatic N) is 1. The number of non-ortho nitro benzene ring substituents is 1. The lowest BCUT2D eigenvalue weighted by atomic mass is 10.1. The van der Waals surface area contributed by atoms with E-state index in [1.54, 1.807) is 0 Å². The number of hydrogen-bond acceptors (Lipinski definition) is 7. The lowest BCUT2D eigenvalue weighted by molar-refractivity contribution is -0.384. The molecule has 0 aromatic heterocycles. The molecular weight excluding hydrogens is 258 g/mol. The summed E-state index contributed by atoms with van der Waals surface area (Å²) in [4.78, 5) is 9.93. The standard InChI is InChI=1S/C11H13NO7/c13-8-5-18-11(15)10(9(8)14)19-7-3-1-6(2-4-7)12(16)17/h1-4,8-11,13-15H,5H2/t8-,9+,10-,11-/m1/s1. The van der Waals surface area contributed by atoms with E-state index in [2.05, 4.69) is 0 Å². The van der Waals surface area contributed by atoms with Crippen molar-refractivity contribution in [2.75, 3.05) is 6.61 Å².